The molecule has 1 fully saturated rings. The van der Waals surface area contributed by atoms with E-state index >= 15 is 0 Å². The van der Waals surface area contributed by atoms with Crippen LogP contribution in [0.1, 0.15) is 11.6 Å². The maximum atomic E-state index is 11.0. The summed E-state index contributed by atoms with van der Waals surface area (Å²) < 4.78 is 23.5. The van der Waals surface area contributed by atoms with Crippen LogP contribution in [0.4, 0.5) is 0 Å². The highest BCUT2D eigenvalue weighted by Crippen LogP contribution is 2.26. The van der Waals surface area contributed by atoms with Crippen LogP contribution >= 0.6 is 0 Å². The molecule has 0 amide bonds. The van der Waals surface area contributed by atoms with E-state index in [4.69, 9.17) is 0 Å². The lowest BCUT2D eigenvalue weighted by atomic mass is 10.00. The molecule has 1 N–H and O–H groups in total. The Balaban J connectivity index is 2.00. The molecule has 1 aromatic heterocycles. The van der Waals surface area contributed by atoms with Crippen LogP contribution < -0.4 is 0 Å². The van der Waals surface area contributed by atoms with Crippen LogP contribution in [0.3, 0.4) is 0 Å². The van der Waals surface area contributed by atoms with E-state index in [0.29, 0.717) is 13.1 Å². The number of H-pyrrole nitrogens is 1. The van der Waals surface area contributed by atoms with E-state index in [1.165, 1.54) is 10.6 Å². The molecule has 5 nitrogen and oxygen atoms in total. The highest BCUT2D eigenvalue weighted by atomic mass is 32.2. The summed E-state index contributed by atoms with van der Waals surface area (Å²) in [6.45, 7) is 1.14. The highest BCUT2D eigenvalue weighted by molar-refractivity contribution is 7.88. The average molecular weight is 201 g/mol. The molecule has 0 radical (unpaired) electrons. The molecule has 0 atom stereocenters. The van der Waals surface area contributed by atoms with Gasteiger partial charge < -0.3 is 0 Å². The number of aromatic amines is 1. The lowest BCUT2D eigenvalue weighted by Crippen LogP contribution is -2.47. The molecule has 0 spiro atoms. The summed E-state index contributed by atoms with van der Waals surface area (Å²) in [6, 6.07) is 1.88. The summed E-state index contributed by atoms with van der Waals surface area (Å²) in [7, 11) is -2.99. The van der Waals surface area contributed by atoms with Crippen LogP contribution in [0.25, 0.3) is 0 Å². The molecular weight excluding hydrogens is 190 g/mol. The molecule has 2 rings (SSSR count). The normalized spacial score (nSPS) is 20.1. The van der Waals surface area contributed by atoms with Gasteiger partial charge in [0.15, 0.2) is 0 Å². The molecule has 0 saturated carbocycles. The molecule has 6 heteroatoms. The fraction of sp³-hybridized carbons (Fsp3) is 0.571. The summed E-state index contributed by atoms with van der Waals surface area (Å²) in [5.74, 6) is 0.289. The van der Waals surface area contributed by atoms with Gasteiger partial charge in [0.2, 0.25) is 10.0 Å². The minimum Gasteiger partial charge on any atom is -0.282 e. The van der Waals surface area contributed by atoms with Crippen molar-refractivity contribution in [3.63, 3.8) is 0 Å². The van der Waals surface area contributed by atoms with Gasteiger partial charge in [0.1, 0.15) is 0 Å². The Morgan fingerprint density at radius 2 is 2.31 bits per heavy atom. The molecule has 13 heavy (non-hydrogen) atoms. The molecule has 1 aliphatic rings. The summed E-state index contributed by atoms with van der Waals surface area (Å²) >= 11 is 0. The Morgan fingerprint density at radius 3 is 2.77 bits per heavy atom. The lowest BCUT2D eigenvalue weighted by molar-refractivity contribution is 0.262. The number of hydrogen-bond acceptors (Lipinski definition) is 3. The van der Waals surface area contributed by atoms with Gasteiger partial charge in [-0.2, -0.15) is 5.10 Å². The monoisotopic (exact) mass is 201 g/mol. The van der Waals surface area contributed by atoms with Gasteiger partial charge in [-0.1, -0.05) is 0 Å². The summed E-state index contributed by atoms with van der Waals surface area (Å²) in [5, 5.41) is 6.66. The average Bonchev–Trinajstić information content (AvgIpc) is 2.31. The third-order valence-corrected chi connectivity index (χ3v) is 3.52. The molecule has 0 aliphatic carbocycles. The van der Waals surface area contributed by atoms with Crippen molar-refractivity contribution in [1.82, 2.24) is 14.5 Å². The molecule has 0 aromatic carbocycles. The van der Waals surface area contributed by atoms with Crippen molar-refractivity contribution < 1.29 is 8.42 Å². The Kier molecular flexibility index (Phi) is 1.88. The SMILES string of the molecule is CS(=O)(=O)N1CC(c2ccn[nH]2)C1. The van der Waals surface area contributed by atoms with E-state index in [0.717, 1.165) is 5.69 Å². The molecule has 0 bridgehead atoms. The number of aromatic nitrogens is 2. The summed E-state index contributed by atoms with van der Waals surface area (Å²) in [6.07, 6.45) is 2.91. The number of hydrogen-bond donors (Lipinski definition) is 1. The van der Waals surface area contributed by atoms with Gasteiger partial charge >= 0.3 is 0 Å². The third kappa shape index (κ3) is 1.59. The van der Waals surface area contributed by atoms with Gasteiger partial charge in [0.25, 0.3) is 0 Å². The van der Waals surface area contributed by atoms with Gasteiger partial charge in [-0.05, 0) is 6.07 Å². The van der Waals surface area contributed by atoms with Gasteiger partial charge in [0, 0.05) is 30.9 Å². The first-order valence-corrected chi connectivity index (χ1v) is 5.86. The van der Waals surface area contributed by atoms with Crippen LogP contribution in [0, 0.1) is 0 Å². The van der Waals surface area contributed by atoms with E-state index in [2.05, 4.69) is 10.2 Å². The maximum absolute atomic E-state index is 11.0. The van der Waals surface area contributed by atoms with E-state index in [1.54, 1.807) is 6.20 Å². The summed E-state index contributed by atoms with van der Waals surface area (Å²) in [5.41, 5.74) is 1.01. The second-order valence-corrected chi connectivity index (χ2v) is 5.27. The van der Waals surface area contributed by atoms with Crippen molar-refractivity contribution in [1.29, 1.82) is 0 Å². The minimum absolute atomic E-state index is 0.289. The third-order valence-electron chi connectivity index (χ3n) is 2.28. The zero-order chi connectivity index (χ0) is 9.47. The van der Waals surface area contributed by atoms with Crippen LogP contribution in [-0.4, -0.2) is 42.3 Å². The molecule has 0 unspecified atom stereocenters. The van der Waals surface area contributed by atoms with Crippen LogP contribution in [-0.2, 0) is 10.0 Å². The largest absolute Gasteiger partial charge is 0.282 e. The smallest absolute Gasteiger partial charge is 0.211 e. The predicted octanol–water partition coefficient (Wildman–Crippen LogP) is -0.232. The van der Waals surface area contributed by atoms with Crippen molar-refractivity contribution in [2.24, 2.45) is 0 Å². The van der Waals surface area contributed by atoms with Crippen molar-refractivity contribution in [2.45, 2.75) is 5.92 Å². The van der Waals surface area contributed by atoms with Crippen molar-refractivity contribution in [2.75, 3.05) is 19.3 Å². The van der Waals surface area contributed by atoms with E-state index < -0.39 is 10.0 Å². The Morgan fingerprint density at radius 1 is 1.62 bits per heavy atom. The highest BCUT2D eigenvalue weighted by Gasteiger charge is 2.34. The number of nitrogens with zero attached hydrogens (tertiary/aromatic N) is 2. The van der Waals surface area contributed by atoms with Crippen molar-refractivity contribution in [3.8, 4) is 0 Å². The van der Waals surface area contributed by atoms with Crippen molar-refractivity contribution in [3.05, 3.63) is 18.0 Å². The summed E-state index contributed by atoms with van der Waals surface area (Å²) in [4.78, 5) is 0. The van der Waals surface area contributed by atoms with Gasteiger partial charge in [-0.15, -0.1) is 0 Å². The van der Waals surface area contributed by atoms with Gasteiger partial charge in [-0.25, -0.2) is 12.7 Å². The predicted molar refractivity (Wildman–Crippen MR) is 47.7 cm³/mol. The fourth-order valence-corrected chi connectivity index (χ4v) is 2.30. The molecule has 2 heterocycles. The molecule has 1 aliphatic heterocycles. The quantitative estimate of drug-likeness (QED) is 0.718. The Hall–Kier alpha value is -0.880. The molecule has 72 valence electrons. The van der Waals surface area contributed by atoms with Crippen LogP contribution in [0.15, 0.2) is 12.3 Å². The first kappa shape index (κ1) is 8.71. The fourth-order valence-electron chi connectivity index (χ4n) is 1.40. The first-order valence-electron chi connectivity index (χ1n) is 4.02. The lowest BCUT2D eigenvalue weighted by Gasteiger charge is -2.36. The molecule has 1 saturated heterocycles. The van der Waals surface area contributed by atoms with Gasteiger partial charge in [-0.3, -0.25) is 5.10 Å². The van der Waals surface area contributed by atoms with Crippen molar-refractivity contribution >= 4 is 10.0 Å². The Labute approximate surface area is 76.8 Å². The second-order valence-electron chi connectivity index (χ2n) is 3.29. The number of sulfonamides is 1. The topological polar surface area (TPSA) is 66.1 Å². The Bertz CT molecular complexity index is 378. The molecular formula is C7H11N3O2S. The maximum Gasteiger partial charge on any atom is 0.211 e. The standard InChI is InChI=1S/C7H11N3O2S/c1-13(11,12)10-4-6(5-10)7-2-3-8-9-7/h2-3,6H,4-5H2,1H3,(H,8,9). The second kappa shape index (κ2) is 2.81. The van der Waals surface area contributed by atoms with E-state index in [1.807, 2.05) is 6.07 Å². The molecule has 1 aromatic rings. The van der Waals surface area contributed by atoms with Gasteiger partial charge in [0.05, 0.1) is 6.26 Å². The zero-order valence-electron chi connectivity index (χ0n) is 7.27. The van der Waals surface area contributed by atoms with E-state index in [9.17, 15) is 8.42 Å². The van der Waals surface area contributed by atoms with Crippen LogP contribution in [0.2, 0.25) is 0 Å². The minimum atomic E-state index is -2.99. The number of rotatable bonds is 2. The number of nitrogens with one attached hydrogen (secondary N) is 1. The van der Waals surface area contributed by atoms with Crippen LogP contribution in [0.5, 0.6) is 0 Å². The first-order chi connectivity index (χ1) is 6.07. The van der Waals surface area contributed by atoms with E-state index in [-0.39, 0.29) is 5.92 Å². The zero-order valence-corrected chi connectivity index (χ0v) is 8.08.